The number of methoxy groups -OCH3 is 1. The fourth-order valence-corrected chi connectivity index (χ4v) is 4.22. The lowest BCUT2D eigenvalue weighted by atomic mass is 10.1. The molecule has 0 atom stereocenters. The molecule has 0 heterocycles. The standard InChI is InChI=1S/C22H27NOP2/c1-7-18-8-10-19(11-9-18)23(22(26-6)17(3)15-25-5)21-13-12-20(24-4)14-16(21)2/h8-14H,5-7,15H2,1-4H3. The molecule has 136 valence electrons. The molecule has 2 nitrogen and oxygen atoms in total. The lowest BCUT2D eigenvalue weighted by Gasteiger charge is -2.29. The average molecular weight is 383 g/mol. The van der Waals surface area contributed by atoms with E-state index in [1.54, 1.807) is 7.11 Å². The number of hydrogen-bond acceptors (Lipinski definition) is 2. The van der Waals surface area contributed by atoms with Crippen LogP contribution in [0, 0.1) is 6.92 Å². The first kappa shape index (κ1) is 20.4. The Morgan fingerprint density at radius 1 is 1.12 bits per heavy atom. The first-order valence-corrected chi connectivity index (χ1v) is 11.0. The number of allylic oxidation sites excluding steroid dienone is 1. The maximum absolute atomic E-state index is 5.38. The lowest BCUT2D eigenvalue weighted by molar-refractivity contribution is 0.414. The van der Waals surface area contributed by atoms with Crippen molar-refractivity contribution in [3.8, 4) is 5.75 Å². The molecule has 0 bridgehead atoms. The van der Waals surface area contributed by atoms with Crippen molar-refractivity contribution in [2.75, 3.05) is 18.2 Å². The number of aryl methyl sites for hydroxylation is 2. The molecule has 0 aliphatic heterocycles. The van der Waals surface area contributed by atoms with E-state index in [1.807, 2.05) is 6.07 Å². The van der Waals surface area contributed by atoms with Crippen molar-refractivity contribution in [2.24, 2.45) is 0 Å². The van der Waals surface area contributed by atoms with Crippen LogP contribution in [-0.2, 0) is 6.42 Å². The van der Waals surface area contributed by atoms with Crippen molar-refractivity contribution in [3.63, 3.8) is 0 Å². The molecule has 2 aromatic rings. The summed E-state index contributed by atoms with van der Waals surface area (Å²) in [5, 5.41) is 0. The van der Waals surface area contributed by atoms with E-state index in [9.17, 15) is 0 Å². The third-order valence-electron chi connectivity index (χ3n) is 4.34. The van der Waals surface area contributed by atoms with Crippen LogP contribution in [0.25, 0.3) is 0 Å². The Bertz CT molecular complexity index is 809. The summed E-state index contributed by atoms with van der Waals surface area (Å²) in [6.07, 6.45) is 10.2. The lowest BCUT2D eigenvalue weighted by Crippen LogP contribution is -2.16. The van der Waals surface area contributed by atoms with Crippen molar-refractivity contribution in [1.82, 2.24) is 0 Å². The van der Waals surface area contributed by atoms with Crippen LogP contribution < -0.4 is 9.64 Å². The topological polar surface area (TPSA) is 12.5 Å². The summed E-state index contributed by atoms with van der Waals surface area (Å²) < 4.78 is 5.38. The molecule has 0 fully saturated rings. The average Bonchev–Trinajstić information content (AvgIpc) is 2.66. The number of benzene rings is 2. The minimum absolute atomic E-state index is 0.873. The third kappa shape index (κ3) is 4.64. The zero-order chi connectivity index (χ0) is 19.1. The second-order valence-electron chi connectivity index (χ2n) is 6.15. The van der Waals surface area contributed by atoms with E-state index < -0.39 is 0 Å². The Kier molecular flexibility index (Phi) is 7.64. The molecule has 2 aromatic carbocycles. The number of ether oxygens (including phenoxy) is 1. The van der Waals surface area contributed by atoms with Crippen LogP contribution in [0.1, 0.15) is 25.0 Å². The minimum atomic E-state index is 0.873. The van der Waals surface area contributed by atoms with Gasteiger partial charge in [-0.25, -0.2) is 0 Å². The van der Waals surface area contributed by atoms with Gasteiger partial charge in [0.15, 0.2) is 0 Å². The summed E-state index contributed by atoms with van der Waals surface area (Å²) in [6.45, 7) is 6.48. The summed E-state index contributed by atoms with van der Waals surface area (Å²) in [6, 6.07) is 15.0. The molecule has 0 unspecified atom stereocenters. The third-order valence-corrected chi connectivity index (χ3v) is 5.92. The Labute approximate surface area is 161 Å². The highest BCUT2D eigenvalue weighted by molar-refractivity contribution is 7.42. The molecular weight excluding hydrogens is 356 g/mol. The van der Waals surface area contributed by atoms with Crippen LogP contribution in [0.15, 0.2) is 53.5 Å². The molecular formula is C22H27NOP2. The van der Waals surface area contributed by atoms with Gasteiger partial charge in [0.25, 0.3) is 0 Å². The van der Waals surface area contributed by atoms with Gasteiger partial charge in [0.05, 0.1) is 12.5 Å². The Morgan fingerprint density at radius 3 is 2.31 bits per heavy atom. The van der Waals surface area contributed by atoms with Gasteiger partial charge in [-0.15, -0.1) is 8.20 Å². The maximum Gasteiger partial charge on any atom is 0.119 e. The van der Waals surface area contributed by atoms with Crippen molar-refractivity contribution in [1.29, 1.82) is 0 Å². The molecule has 0 aromatic heterocycles. The first-order valence-electron chi connectivity index (χ1n) is 8.68. The summed E-state index contributed by atoms with van der Waals surface area (Å²) in [5.74, 6) is 0.873. The monoisotopic (exact) mass is 383 g/mol. The van der Waals surface area contributed by atoms with Gasteiger partial charge < -0.3 is 9.64 Å². The van der Waals surface area contributed by atoms with Gasteiger partial charge in [0.1, 0.15) is 5.75 Å². The maximum atomic E-state index is 5.38. The van der Waals surface area contributed by atoms with Gasteiger partial charge in [0, 0.05) is 17.5 Å². The minimum Gasteiger partial charge on any atom is -0.497 e. The highest BCUT2D eigenvalue weighted by atomic mass is 31.1. The highest BCUT2D eigenvalue weighted by Crippen LogP contribution is 2.39. The second-order valence-corrected chi connectivity index (χ2v) is 7.65. The first-order chi connectivity index (χ1) is 12.5. The van der Waals surface area contributed by atoms with Crippen molar-refractivity contribution in [2.45, 2.75) is 27.2 Å². The molecule has 4 heteroatoms. The largest absolute Gasteiger partial charge is 0.497 e. The van der Waals surface area contributed by atoms with E-state index in [0.29, 0.717) is 0 Å². The zero-order valence-electron chi connectivity index (χ0n) is 16.1. The van der Waals surface area contributed by atoms with Gasteiger partial charge in [-0.2, -0.15) is 0 Å². The Morgan fingerprint density at radius 2 is 1.81 bits per heavy atom. The van der Waals surface area contributed by atoms with E-state index in [4.69, 9.17) is 4.74 Å². The summed E-state index contributed by atoms with van der Waals surface area (Å²) >= 11 is 0. The van der Waals surface area contributed by atoms with Gasteiger partial charge in [-0.1, -0.05) is 39.9 Å². The van der Waals surface area contributed by atoms with E-state index >= 15 is 0 Å². The van der Waals surface area contributed by atoms with Crippen molar-refractivity contribution in [3.05, 3.63) is 64.6 Å². The SMILES string of the molecule is C=PCC(C)=C(P=C)N(c1ccc(CC)cc1)c1ccc(OC)cc1C. The van der Waals surface area contributed by atoms with Crippen molar-refractivity contribution >= 4 is 40.4 Å². The van der Waals surface area contributed by atoms with Gasteiger partial charge >= 0.3 is 0 Å². The smallest absolute Gasteiger partial charge is 0.119 e. The molecule has 0 saturated carbocycles. The predicted octanol–water partition coefficient (Wildman–Crippen LogP) is 6.69. The van der Waals surface area contributed by atoms with E-state index in [-0.39, 0.29) is 0 Å². The van der Waals surface area contributed by atoms with Crippen LogP contribution in [0.4, 0.5) is 11.4 Å². The molecule has 0 amide bonds. The van der Waals surface area contributed by atoms with Gasteiger partial charge in [-0.05, 0) is 67.3 Å². The molecule has 2 rings (SSSR count). The van der Waals surface area contributed by atoms with E-state index in [1.165, 1.54) is 22.1 Å². The molecule has 0 saturated heterocycles. The van der Waals surface area contributed by atoms with Crippen LogP contribution in [0.5, 0.6) is 5.75 Å². The Hall–Kier alpha value is -1.88. The normalized spacial score (nSPS) is 12.2. The number of anilines is 2. The van der Waals surface area contributed by atoms with Crippen LogP contribution in [0.3, 0.4) is 0 Å². The van der Waals surface area contributed by atoms with Crippen LogP contribution in [0.2, 0.25) is 0 Å². The molecule has 0 aliphatic carbocycles. The second kappa shape index (κ2) is 9.72. The summed E-state index contributed by atoms with van der Waals surface area (Å²) in [5.41, 5.74) is 7.34. The molecule has 0 aliphatic rings. The highest BCUT2D eigenvalue weighted by Gasteiger charge is 2.17. The quantitative estimate of drug-likeness (QED) is 0.471. The van der Waals surface area contributed by atoms with Gasteiger partial charge in [0.2, 0.25) is 0 Å². The molecule has 0 N–H and O–H groups in total. The van der Waals surface area contributed by atoms with Crippen molar-refractivity contribution < 1.29 is 4.74 Å². The van der Waals surface area contributed by atoms with Crippen LogP contribution >= 0.6 is 16.4 Å². The predicted molar refractivity (Wildman–Crippen MR) is 121 cm³/mol. The number of rotatable bonds is 8. The summed E-state index contributed by atoms with van der Waals surface area (Å²) in [7, 11) is 3.82. The molecule has 0 radical (unpaired) electrons. The summed E-state index contributed by atoms with van der Waals surface area (Å²) in [4.78, 5) is 2.32. The van der Waals surface area contributed by atoms with Gasteiger partial charge in [-0.3, -0.25) is 0 Å². The molecule has 0 spiro atoms. The molecule has 26 heavy (non-hydrogen) atoms. The Balaban J connectivity index is 2.66. The number of nitrogens with zero attached hydrogens (tertiary/aromatic N) is 1. The number of hydrogen-bond donors (Lipinski definition) is 0. The zero-order valence-corrected chi connectivity index (χ0v) is 17.9. The fourth-order valence-electron chi connectivity index (χ4n) is 2.90. The fraction of sp³-hybridized carbons (Fsp3) is 0.273. The van der Waals surface area contributed by atoms with E-state index in [0.717, 1.165) is 46.1 Å². The van der Waals surface area contributed by atoms with E-state index in [2.05, 4.69) is 74.7 Å². The van der Waals surface area contributed by atoms with Crippen LogP contribution in [-0.4, -0.2) is 25.9 Å².